The molecule has 1 aliphatic heterocycles. The van der Waals surface area contributed by atoms with Crippen LogP contribution in [0.3, 0.4) is 0 Å². The van der Waals surface area contributed by atoms with Crippen LogP contribution < -0.4 is 10.2 Å². The topological polar surface area (TPSA) is 31.4 Å². The molecule has 0 spiro atoms. The number of rotatable bonds is 6. The number of piperazine rings is 1. The first kappa shape index (κ1) is 13.8. The van der Waals surface area contributed by atoms with Crippen molar-refractivity contribution in [2.45, 2.75) is 26.8 Å². The van der Waals surface area contributed by atoms with Crippen LogP contribution in [-0.2, 0) is 6.54 Å². The molecule has 0 unspecified atom stereocenters. The highest BCUT2D eigenvalue weighted by atomic mass is 32.1. The van der Waals surface area contributed by atoms with Gasteiger partial charge in [-0.3, -0.25) is 0 Å². The SMILES string of the molecule is CCCNCc1csc(N2CCN(CC)CC2)n1. The minimum Gasteiger partial charge on any atom is -0.346 e. The first-order valence-electron chi connectivity index (χ1n) is 6.96. The zero-order chi connectivity index (χ0) is 12.8. The predicted octanol–water partition coefficient (Wildman–Crippen LogP) is 1.78. The minimum atomic E-state index is 0.902. The van der Waals surface area contributed by atoms with Crippen molar-refractivity contribution in [3.05, 3.63) is 11.1 Å². The van der Waals surface area contributed by atoms with Crippen LogP contribution in [-0.4, -0.2) is 49.2 Å². The van der Waals surface area contributed by atoms with Crippen molar-refractivity contribution < 1.29 is 0 Å². The molecule has 0 bridgehead atoms. The van der Waals surface area contributed by atoms with Gasteiger partial charge in [0, 0.05) is 38.1 Å². The zero-order valence-electron chi connectivity index (χ0n) is 11.5. The summed E-state index contributed by atoms with van der Waals surface area (Å²) in [5.41, 5.74) is 1.18. The molecule has 1 N–H and O–H groups in total. The van der Waals surface area contributed by atoms with Gasteiger partial charge in [0.15, 0.2) is 5.13 Å². The van der Waals surface area contributed by atoms with E-state index < -0.39 is 0 Å². The monoisotopic (exact) mass is 268 g/mol. The van der Waals surface area contributed by atoms with Gasteiger partial charge in [-0.05, 0) is 19.5 Å². The van der Waals surface area contributed by atoms with E-state index in [-0.39, 0.29) is 0 Å². The lowest BCUT2D eigenvalue weighted by atomic mass is 10.3. The van der Waals surface area contributed by atoms with E-state index in [4.69, 9.17) is 4.98 Å². The highest BCUT2D eigenvalue weighted by Gasteiger charge is 2.17. The van der Waals surface area contributed by atoms with Crippen LogP contribution in [0.2, 0.25) is 0 Å². The van der Waals surface area contributed by atoms with E-state index in [0.717, 1.165) is 32.7 Å². The van der Waals surface area contributed by atoms with Crippen LogP contribution in [0.4, 0.5) is 5.13 Å². The van der Waals surface area contributed by atoms with Gasteiger partial charge in [-0.15, -0.1) is 11.3 Å². The molecule has 18 heavy (non-hydrogen) atoms. The number of hydrogen-bond acceptors (Lipinski definition) is 5. The van der Waals surface area contributed by atoms with Crippen molar-refractivity contribution in [1.29, 1.82) is 0 Å². The summed E-state index contributed by atoms with van der Waals surface area (Å²) >= 11 is 1.78. The molecule has 1 aliphatic rings. The van der Waals surface area contributed by atoms with E-state index in [2.05, 4.69) is 34.3 Å². The van der Waals surface area contributed by atoms with Crippen LogP contribution in [0.5, 0.6) is 0 Å². The third kappa shape index (κ3) is 3.67. The second-order valence-corrected chi connectivity index (χ2v) is 5.56. The predicted molar refractivity (Wildman–Crippen MR) is 78.4 cm³/mol. The lowest BCUT2D eigenvalue weighted by Crippen LogP contribution is -2.46. The maximum Gasteiger partial charge on any atom is 0.185 e. The molecular formula is C13H24N4S. The number of nitrogens with zero attached hydrogens (tertiary/aromatic N) is 3. The highest BCUT2D eigenvalue weighted by molar-refractivity contribution is 7.13. The van der Waals surface area contributed by atoms with Crippen molar-refractivity contribution in [3.8, 4) is 0 Å². The van der Waals surface area contributed by atoms with Crippen molar-refractivity contribution in [1.82, 2.24) is 15.2 Å². The molecule has 0 radical (unpaired) electrons. The molecule has 2 heterocycles. The van der Waals surface area contributed by atoms with E-state index in [9.17, 15) is 0 Å². The van der Waals surface area contributed by atoms with Crippen LogP contribution in [0.25, 0.3) is 0 Å². The van der Waals surface area contributed by atoms with E-state index in [1.165, 1.54) is 30.3 Å². The van der Waals surface area contributed by atoms with Crippen molar-refractivity contribution in [3.63, 3.8) is 0 Å². The summed E-state index contributed by atoms with van der Waals surface area (Å²) in [5, 5.41) is 6.78. The molecule has 102 valence electrons. The van der Waals surface area contributed by atoms with Crippen LogP contribution >= 0.6 is 11.3 Å². The number of anilines is 1. The Morgan fingerprint density at radius 1 is 1.28 bits per heavy atom. The molecule has 0 amide bonds. The first-order chi connectivity index (χ1) is 8.83. The number of aromatic nitrogens is 1. The van der Waals surface area contributed by atoms with Gasteiger partial charge in [-0.1, -0.05) is 13.8 Å². The molecule has 2 rings (SSSR count). The van der Waals surface area contributed by atoms with Crippen molar-refractivity contribution in [2.24, 2.45) is 0 Å². The summed E-state index contributed by atoms with van der Waals surface area (Å²) in [4.78, 5) is 9.63. The maximum absolute atomic E-state index is 4.72. The lowest BCUT2D eigenvalue weighted by molar-refractivity contribution is 0.271. The van der Waals surface area contributed by atoms with Gasteiger partial charge < -0.3 is 15.1 Å². The number of nitrogens with one attached hydrogen (secondary N) is 1. The molecule has 1 saturated heterocycles. The van der Waals surface area contributed by atoms with Gasteiger partial charge >= 0.3 is 0 Å². The van der Waals surface area contributed by atoms with E-state index >= 15 is 0 Å². The molecule has 0 atom stereocenters. The largest absolute Gasteiger partial charge is 0.346 e. The molecule has 0 aliphatic carbocycles. The van der Waals surface area contributed by atoms with Crippen LogP contribution in [0.15, 0.2) is 5.38 Å². The molecule has 0 saturated carbocycles. The number of likely N-dealkylation sites (N-methyl/N-ethyl adjacent to an activating group) is 1. The van der Waals surface area contributed by atoms with Gasteiger partial charge in [0.1, 0.15) is 0 Å². The standard InChI is InChI=1S/C13H24N4S/c1-3-5-14-10-12-11-18-13(15-12)17-8-6-16(4-2)7-9-17/h11,14H,3-10H2,1-2H3. The average Bonchev–Trinajstić information content (AvgIpc) is 2.88. The minimum absolute atomic E-state index is 0.902. The van der Waals surface area contributed by atoms with E-state index in [0.29, 0.717) is 0 Å². The third-order valence-corrected chi connectivity index (χ3v) is 4.31. The van der Waals surface area contributed by atoms with Gasteiger partial charge in [-0.2, -0.15) is 0 Å². The van der Waals surface area contributed by atoms with E-state index in [1.54, 1.807) is 11.3 Å². The van der Waals surface area contributed by atoms with Gasteiger partial charge in [0.25, 0.3) is 0 Å². The normalized spacial score (nSPS) is 17.3. The molecule has 5 heteroatoms. The smallest absolute Gasteiger partial charge is 0.185 e. The fourth-order valence-corrected chi connectivity index (χ4v) is 3.05. The summed E-state index contributed by atoms with van der Waals surface area (Å²) in [6, 6.07) is 0. The summed E-state index contributed by atoms with van der Waals surface area (Å²) in [6.45, 7) is 12.1. The van der Waals surface area contributed by atoms with Crippen LogP contribution in [0, 0.1) is 0 Å². The Labute approximate surface area is 114 Å². The fourth-order valence-electron chi connectivity index (χ4n) is 2.17. The lowest BCUT2D eigenvalue weighted by Gasteiger charge is -2.33. The maximum atomic E-state index is 4.72. The fraction of sp³-hybridized carbons (Fsp3) is 0.769. The van der Waals surface area contributed by atoms with E-state index in [1.807, 2.05) is 0 Å². The van der Waals surface area contributed by atoms with Crippen LogP contribution in [0.1, 0.15) is 26.0 Å². The Balaban J connectivity index is 1.82. The average molecular weight is 268 g/mol. The second kappa shape index (κ2) is 7.07. The van der Waals surface area contributed by atoms with Gasteiger partial charge in [0.2, 0.25) is 0 Å². The summed E-state index contributed by atoms with van der Waals surface area (Å²) in [6.07, 6.45) is 1.18. The Kier molecular flexibility index (Phi) is 5.41. The molecule has 4 nitrogen and oxygen atoms in total. The summed E-state index contributed by atoms with van der Waals surface area (Å²) in [5.74, 6) is 0. The van der Waals surface area contributed by atoms with Gasteiger partial charge in [-0.25, -0.2) is 4.98 Å². The Bertz CT molecular complexity index is 345. The number of thiazole rings is 1. The Hall–Kier alpha value is -0.650. The molecule has 1 fully saturated rings. The Morgan fingerprint density at radius 3 is 2.72 bits per heavy atom. The Morgan fingerprint density at radius 2 is 2.06 bits per heavy atom. The number of hydrogen-bond donors (Lipinski definition) is 1. The zero-order valence-corrected chi connectivity index (χ0v) is 12.3. The van der Waals surface area contributed by atoms with Gasteiger partial charge in [0.05, 0.1) is 5.69 Å². The van der Waals surface area contributed by atoms with Crippen molar-refractivity contribution >= 4 is 16.5 Å². The molecule has 0 aromatic carbocycles. The third-order valence-electron chi connectivity index (χ3n) is 3.36. The summed E-state index contributed by atoms with van der Waals surface area (Å²) in [7, 11) is 0. The molecule has 1 aromatic rings. The highest BCUT2D eigenvalue weighted by Crippen LogP contribution is 2.21. The molecular weight excluding hydrogens is 244 g/mol. The quantitative estimate of drug-likeness (QED) is 0.797. The second-order valence-electron chi connectivity index (χ2n) is 4.72. The summed E-state index contributed by atoms with van der Waals surface area (Å²) < 4.78 is 0. The molecule has 1 aromatic heterocycles. The first-order valence-corrected chi connectivity index (χ1v) is 7.83. The van der Waals surface area contributed by atoms with Crippen molar-refractivity contribution in [2.75, 3.05) is 44.2 Å².